The molecule has 4 nitrogen and oxygen atoms in total. The monoisotopic (exact) mass is 489 g/mol. The van der Waals surface area contributed by atoms with Gasteiger partial charge in [-0.25, -0.2) is 9.38 Å². The van der Waals surface area contributed by atoms with Crippen molar-refractivity contribution in [2.24, 2.45) is 4.99 Å². The van der Waals surface area contributed by atoms with Gasteiger partial charge in [0.2, 0.25) is 0 Å². The van der Waals surface area contributed by atoms with Crippen molar-refractivity contribution in [3.8, 4) is 0 Å². The van der Waals surface area contributed by atoms with E-state index in [2.05, 4.69) is 27.0 Å². The van der Waals surface area contributed by atoms with E-state index in [0.717, 1.165) is 39.0 Å². The number of rotatable bonds is 4. The molecule has 7 heteroatoms. The summed E-state index contributed by atoms with van der Waals surface area (Å²) in [7, 11) is 0. The molecule has 1 saturated heterocycles. The van der Waals surface area contributed by atoms with E-state index in [1.54, 1.807) is 12.1 Å². The summed E-state index contributed by atoms with van der Waals surface area (Å²) in [6.07, 6.45) is 1.92. The molecule has 0 radical (unpaired) electrons. The smallest absolute Gasteiger partial charge is 0.264 e. The largest absolute Gasteiger partial charge is 0.340 e. The Kier molecular flexibility index (Phi) is 6.02. The van der Waals surface area contributed by atoms with Crippen LogP contribution in [-0.4, -0.2) is 15.6 Å². The molecule has 0 atom stereocenters. The van der Waals surface area contributed by atoms with Gasteiger partial charge in [0.1, 0.15) is 5.82 Å². The number of amidine groups is 1. The van der Waals surface area contributed by atoms with Crippen LogP contribution < -0.4 is 5.32 Å². The number of nitrogens with one attached hydrogen (secondary N) is 1. The van der Waals surface area contributed by atoms with E-state index in [0.29, 0.717) is 21.6 Å². The van der Waals surface area contributed by atoms with Gasteiger partial charge in [-0.2, -0.15) is 0 Å². The van der Waals surface area contributed by atoms with Crippen LogP contribution in [0.2, 0.25) is 5.02 Å². The van der Waals surface area contributed by atoms with Gasteiger partial charge in [0.05, 0.1) is 10.6 Å². The SMILES string of the molecule is Cc1c(Cl)cccc1N=C1NC(=O)/C(=C/c2c(C)n(Cc3ccc(F)cc3)c3ccccc23)S1. The van der Waals surface area contributed by atoms with Crippen LogP contribution >= 0.6 is 23.4 Å². The summed E-state index contributed by atoms with van der Waals surface area (Å²) in [4.78, 5) is 17.9. The molecule has 2 heterocycles. The van der Waals surface area contributed by atoms with E-state index in [9.17, 15) is 9.18 Å². The molecule has 0 spiro atoms. The molecule has 0 unspecified atom stereocenters. The topological polar surface area (TPSA) is 46.4 Å². The summed E-state index contributed by atoms with van der Waals surface area (Å²) in [6.45, 7) is 4.55. The Bertz CT molecular complexity index is 1490. The Labute approximate surface area is 206 Å². The second-order valence-corrected chi connectivity index (χ2v) is 9.53. The normalized spacial score (nSPS) is 16.1. The second-order valence-electron chi connectivity index (χ2n) is 8.09. The van der Waals surface area contributed by atoms with E-state index in [4.69, 9.17) is 11.6 Å². The van der Waals surface area contributed by atoms with Crippen molar-refractivity contribution in [2.45, 2.75) is 20.4 Å². The molecular formula is C27H21ClFN3OS. The van der Waals surface area contributed by atoms with Gasteiger partial charge in [-0.3, -0.25) is 4.79 Å². The predicted octanol–water partition coefficient (Wildman–Crippen LogP) is 6.99. The van der Waals surface area contributed by atoms with Crippen LogP contribution in [0.5, 0.6) is 0 Å². The van der Waals surface area contributed by atoms with Gasteiger partial charge in [-0.05, 0) is 73.1 Å². The lowest BCUT2D eigenvalue weighted by atomic mass is 10.1. The van der Waals surface area contributed by atoms with Crippen molar-refractivity contribution >= 4 is 57.1 Å². The fourth-order valence-corrected chi connectivity index (χ4v) is 5.04. The van der Waals surface area contributed by atoms with E-state index in [1.165, 1.54) is 23.9 Å². The molecule has 4 aromatic rings. The highest BCUT2D eigenvalue weighted by molar-refractivity contribution is 8.18. The third-order valence-corrected chi connectivity index (χ3v) is 7.24. The summed E-state index contributed by atoms with van der Waals surface area (Å²) < 4.78 is 15.6. The van der Waals surface area contributed by atoms with Crippen LogP contribution in [0, 0.1) is 19.7 Å². The maximum Gasteiger partial charge on any atom is 0.264 e. The van der Waals surface area contributed by atoms with Gasteiger partial charge in [0, 0.05) is 33.7 Å². The quantitative estimate of drug-likeness (QED) is 0.314. The number of hydrogen-bond donors (Lipinski definition) is 1. The van der Waals surface area contributed by atoms with Gasteiger partial charge in [-0.15, -0.1) is 0 Å². The third kappa shape index (κ3) is 4.27. The van der Waals surface area contributed by atoms with Gasteiger partial charge in [0.15, 0.2) is 5.17 Å². The number of amides is 1. The molecular weight excluding hydrogens is 469 g/mol. The van der Waals surface area contributed by atoms with Crippen LogP contribution in [0.1, 0.15) is 22.4 Å². The van der Waals surface area contributed by atoms with Crippen molar-refractivity contribution in [2.75, 3.05) is 0 Å². The summed E-state index contributed by atoms with van der Waals surface area (Å²) in [5.74, 6) is -0.434. The second kappa shape index (κ2) is 9.12. The summed E-state index contributed by atoms with van der Waals surface area (Å²) in [5, 5.41) is 5.07. The van der Waals surface area contributed by atoms with E-state index in [1.807, 2.05) is 50.3 Å². The standard InChI is InChI=1S/C27H21ClFN3OS/c1-16-22(28)7-5-8-23(16)30-27-31-26(33)25(34-27)14-21-17(2)32(24-9-4-3-6-20(21)24)15-18-10-12-19(29)13-11-18/h3-14H,15H2,1-2H3,(H,30,31,33)/b25-14-. The van der Waals surface area contributed by atoms with Crippen molar-refractivity contribution in [1.29, 1.82) is 0 Å². The molecule has 5 rings (SSSR count). The minimum atomic E-state index is -0.252. The molecule has 0 saturated carbocycles. The number of carbonyl (C=O) groups excluding carboxylic acids is 1. The number of carbonyl (C=O) groups is 1. The zero-order chi connectivity index (χ0) is 23.8. The predicted molar refractivity (Wildman–Crippen MR) is 139 cm³/mol. The van der Waals surface area contributed by atoms with Crippen LogP contribution in [0.25, 0.3) is 17.0 Å². The van der Waals surface area contributed by atoms with Crippen molar-refractivity contribution in [3.05, 3.63) is 105 Å². The number of hydrogen-bond acceptors (Lipinski definition) is 3. The van der Waals surface area contributed by atoms with E-state index in [-0.39, 0.29) is 11.7 Å². The summed E-state index contributed by atoms with van der Waals surface area (Å²) in [5.41, 5.74) is 5.66. The highest BCUT2D eigenvalue weighted by Gasteiger charge is 2.25. The number of halogens is 2. The van der Waals surface area contributed by atoms with Crippen molar-refractivity contribution < 1.29 is 9.18 Å². The molecule has 170 valence electrons. The Morgan fingerprint density at radius 3 is 2.62 bits per heavy atom. The molecule has 1 amide bonds. The first kappa shape index (κ1) is 22.4. The Morgan fingerprint density at radius 1 is 1.06 bits per heavy atom. The molecule has 0 bridgehead atoms. The number of thioether (sulfide) groups is 1. The van der Waals surface area contributed by atoms with Gasteiger partial charge >= 0.3 is 0 Å². The molecule has 34 heavy (non-hydrogen) atoms. The number of aliphatic imine (C=N–C) groups is 1. The number of benzene rings is 3. The fourth-order valence-electron chi connectivity index (χ4n) is 4.05. The van der Waals surface area contributed by atoms with Gasteiger partial charge in [-0.1, -0.05) is 48.0 Å². The first-order chi connectivity index (χ1) is 16.4. The van der Waals surface area contributed by atoms with Crippen LogP contribution in [0.15, 0.2) is 76.6 Å². The zero-order valence-electron chi connectivity index (χ0n) is 18.6. The van der Waals surface area contributed by atoms with Crippen LogP contribution in [0.3, 0.4) is 0 Å². The number of aromatic nitrogens is 1. The molecule has 1 N–H and O–H groups in total. The molecule has 1 aromatic heterocycles. The summed E-state index contributed by atoms with van der Waals surface area (Å²) in [6, 6.07) is 20.2. The maximum absolute atomic E-state index is 13.4. The van der Waals surface area contributed by atoms with E-state index >= 15 is 0 Å². The Balaban J connectivity index is 1.52. The maximum atomic E-state index is 13.4. The van der Waals surface area contributed by atoms with Crippen LogP contribution in [0.4, 0.5) is 10.1 Å². The third-order valence-electron chi connectivity index (χ3n) is 5.92. The Morgan fingerprint density at radius 2 is 1.82 bits per heavy atom. The molecule has 0 aliphatic carbocycles. The number of para-hydroxylation sites is 1. The zero-order valence-corrected chi connectivity index (χ0v) is 20.2. The fraction of sp³-hybridized carbons (Fsp3) is 0.111. The minimum absolute atomic E-state index is 0.182. The average molecular weight is 490 g/mol. The molecule has 1 aliphatic rings. The minimum Gasteiger partial charge on any atom is -0.340 e. The lowest BCUT2D eigenvalue weighted by Crippen LogP contribution is -2.19. The lowest BCUT2D eigenvalue weighted by molar-refractivity contribution is -0.115. The molecule has 3 aromatic carbocycles. The molecule has 1 aliphatic heterocycles. The number of nitrogens with zero attached hydrogens (tertiary/aromatic N) is 2. The highest BCUT2D eigenvalue weighted by Crippen LogP contribution is 2.34. The Hall–Kier alpha value is -3.35. The number of fused-ring (bicyclic) bond motifs is 1. The average Bonchev–Trinajstić information content (AvgIpc) is 3.30. The van der Waals surface area contributed by atoms with E-state index < -0.39 is 0 Å². The van der Waals surface area contributed by atoms with Crippen molar-refractivity contribution in [3.63, 3.8) is 0 Å². The summed E-state index contributed by atoms with van der Waals surface area (Å²) >= 11 is 7.52. The van der Waals surface area contributed by atoms with Crippen molar-refractivity contribution in [1.82, 2.24) is 9.88 Å². The molecule has 1 fully saturated rings. The van der Waals surface area contributed by atoms with Crippen LogP contribution in [-0.2, 0) is 11.3 Å². The highest BCUT2D eigenvalue weighted by atomic mass is 35.5. The lowest BCUT2D eigenvalue weighted by Gasteiger charge is -2.09. The first-order valence-electron chi connectivity index (χ1n) is 10.8. The van der Waals surface area contributed by atoms with Gasteiger partial charge in [0.25, 0.3) is 5.91 Å². The van der Waals surface area contributed by atoms with Gasteiger partial charge < -0.3 is 9.88 Å². The first-order valence-corrected chi connectivity index (χ1v) is 12.0.